The van der Waals surface area contributed by atoms with Gasteiger partial charge in [-0.05, 0) is 25.0 Å². The Labute approximate surface area is 156 Å². The van der Waals surface area contributed by atoms with Gasteiger partial charge >= 0.3 is 0 Å². The van der Waals surface area contributed by atoms with E-state index in [1.807, 2.05) is 38.2 Å². The van der Waals surface area contributed by atoms with Gasteiger partial charge in [0.15, 0.2) is 0 Å². The SMILES string of the molecule is Cc1cccc2c(C(=O)NC[C@@H]3C[C@H](F)CN3Cc3ccnn3C)coc12. The van der Waals surface area contributed by atoms with Gasteiger partial charge in [0.05, 0.1) is 11.3 Å². The number of aryl methyl sites for hydroxylation is 2. The minimum Gasteiger partial charge on any atom is -0.463 e. The van der Waals surface area contributed by atoms with E-state index in [0.29, 0.717) is 31.6 Å². The van der Waals surface area contributed by atoms with Gasteiger partial charge in [-0.25, -0.2) is 4.39 Å². The Morgan fingerprint density at radius 3 is 3.04 bits per heavy atom. The van der Waals surface area contributed by atoms with Crippen LogP contribution in [0.15, 0.2) is 41.1 Å². The number of alkyl halides is 1. The highest BCUT2D eigenvalue weighted by molar-refractivity contribution is 6.06. The maximum Gasteiger partial charge on any atom is 0.255 e. The van der Waals surface area contributed by atoms with E-state index in [0.717, 1.165) is 22.2 Å². The number of benzene rings is 1. The number of furan rings is 1. The number of amides is 1. The fraction of sp³-hybridized carbons (Fsp3) is 0.400. The summed E-state index contributed by atoms with van der Waals surface area (Å²) in [7, 11) is 1.88. The summed E-state index contributed by atoms with van der Waals surface area (Å²) in [5, 5.41) is 7.92. The number of hydrogen-bond donors (Lipinski definition) is 1. The van der Waals surface area contributed by atoms with Crippen molar-refractivity contribution in [2.75, 3.05) is 13.1 Å². The van der Waals surface area contributed by atoms with E-state index in [1.54, 1.807) is 10.9 Å². The van der Waals surface area contributed by atoms with Crippen LogP contribution in [0.25, 0.3) is 11.0 Å². The second-order valence-corrected chi connectivity index (χ2v) is 7.17. The molecule has 0 unspecified atom stereocenters. The van der Waals surface area contributed by atoms with E-state index in [9.17, 15) is 9.18 Å². The first kappa shape index (κ1) is 17.7. The average Bonchev–Trinajstić information content (AvgIpc) is 3.33. The summed E-state index contributed by atoms with van der Waals surface area (Å²) in [6, 6.07) is 7.62. The van der Waals surface area contributed by atoms with Crippen molar-refractivity contribution in [3.63, 3.8) is 0 Å². The number of rotatable bonds is 5. The number of likely N-dealkylation sites (tertiary alicyclic amines) is 1. The molecule has 0 bridgehead atoms. The summed E-state index contributed by atoms with van der Waals surface area (Å²) in [4.78, 5) is 14.7. The summed E-state index contributed by atoms with van der Waals surface area (Å²) in [5.74, 6) is -0.192. The second-order valence-electron chi connectivity index (χ2n) is 7.17. The van der Waals surface area contributed by atoms with Crippen molar-refractivity contribution in [2.24, 2.45) is 7.05 Å². The van der Waals surface area contributed by atoms with Crippen LogP contribution in [0.1, 0.15) is 28.0 Å². The number of nitrogens with one attached hydrogen (secondary N) is 1. The smallest absolute Gasteiger partial charge is 0.255 e. The van der Waals surface area contributed by atoms with Crippen molar-refractivity contribution in [1.29, 1.82) is 0 Å². The van der Waals surface area contributed by atoms with Crippen LogP contribution in [0.2, 0.25) is 0 Å². The summed E-state index contributed by atoms with van der Waals surface area (Å²) >= 11 is 0. The molecule has 1 amide bonds. The molecule has 0 spiro atoms. The van der Waals surface area contributed by atoms with Crippen molar-refractivity contribution in [3.8, 4) is 0 Å². The third-order valence-corrected chi connectivity index (χ3v) is 5.30. The van der Waals surface area contributed by atoms with Gasteiger partial charge < -0.3 is 9.73 Å². The molecule has 27 heavy (non-hydrogen) atoms. The van der Waals surface area contributed by atoms with Crippen molar-refractivity contribution >= 4 is 16.9 Å². The Bertz CT molecular complexity index is 964. The zero-order valence-electron chi connectivity index (χ0n) is 15.5. The van der Waals surface area contributed by atoms with Crippen molar-refractivity contribution in [1.82, 2.24) is 20.0 Å². The Morgan fingerprint density at radius 2 is 2.26 bits per heavy atom. The molecule has 6 nitrogen and oxygen atoms in total. The predicted octanol–water partition coefficient (Wildman–Crippen LogP) is 2.82. The first-order valence-electron chi connectivity index (χ1n) is 9.13. The molecule has 1 fully saturated rings. The van der Waals surface area contributed by atoms with E-state index in [-0.39, 0.29) is 11.9 Å². The van der Waals surface area contributed by atoms with E-state index in [2.05, 4.69) is 15.3 Å². The Morgan fingerprint density at radius 1 is 1.41 bits per heavy atom. The van der Waals surface area contributed by atoms with Crippen molar-refractivity contribution in [2.45, 2.75) is 32.1 Å². The van der Waals surface area contributed by atoms with Crippen LogP contribution in [-0.2, 0) is 13.6 Å². The van der Waals surface area contributed by atoms with Crippen LogP contribution < -0.4 is 5.32 Å². The van der Waals surface area contributed by atoms with Crippen LogP contribution in [0.4, 0.5) is 4.39 Å². The highest BCUT2D eigenvalue weighted by atomic mass is 19.1. The molecule has 1 aromatic carbocycles. The predicted molar refractivity (Wildman–Crippen MR) is 100 cm³/mol. The molecule has 3 heterocycles. The van der Waals surface area contributed by atoms with Crippen LogP contribution in [0.3, 0.4) is 0 Å². The first-order valence-corrected chi connectivity index (χ1v) is 9.13. The number of para-hydroxylation sites is 1. The van der Waals surface area contributed by atoms with Gasteiger partial charge in [0.2, 0.25) is 0 Å². The summed E-state index contributed by atoms with van der Waals surface area (Å²) in [6.45, 7) is 3.34. The molecule has 3 aromatic rings. The number of carbonyl (C=O) groups excluding carboxylic acids is 1. The maximum absolute atomic E-state index is 14.0. The van der Waals surface area contributed by atoms with Crippen molar-refractivity contribution in [3.05, 3.63) is 53.5 Å². The maximum atomic E-state index is 14.0. The molecular formula is C20H23FN4O2. The van der Waals surface area contributed by atoms with Crippen LogP contribution >= 0.6 is 0 Å². The number of carbonyl (C=O) groups is 1. The largest absolute Gasteiger partial charge is 0.463 e. The molecule has 142 valence electrons. The molecule has 0 radical (unpaired) electrons. The molecular weight excluding hydrogens is 347 g/mol. The molecule has 2 atom stereocenters. The van der Waals surface area contributed by atoms with Gasteiger partial charge in [-0.15, -0.1) is 0 Å². The lowest BCUT2D eigenvalue weighted by Crippen LogP contribution is -2.40. The number of hydrogen-bond acceptors (Lipinski definition) is 4. The van der Waals surface area contributed by atoms with Crippen LogP contribution in [0.5, 0.6) is 0 Å². The Hall–Kier alpha value is -2.67. The van der Waals surface area contributed by atoms with Gasteiger partial charge in [0.25, 0.3) is 5.91 Å². The molecule has 4 rings (SSSR count). The molecule has 2 aromatic heterocycles. The Kier molecular flexibility index (Phi) is 4.70. The van der Waals surface area contributed by atoms with Gasteiger partial charge in [-0.2, -0.15) is 5.10 Å². The second kappa shape index (κ2) is 7.15. The molecule has 1 N–H and O–H groups in total. The van der Waals surface area contributed by atoms with E-state index in [1.165, 1.54) is 6.26 Å². The quantitative estimate of drug-likeness (QED) is 0.750. The highest BCUT2D eigenvalue weighted by Gasteiger charge is 2.32. The van der Waals surface area contributed by atoms with Crippen LogP contribution in [-0.4, -0.2) is 45.9 Å². The monoisotopic (exact) mass is 370 g/mol. The summed E-state index contributed by atoms with van der Waals surface area (Å²) < 4.78 is 21.4. The zero-order valence-corrected chi connectivity index (χ0v) is 15.5. The first-order chi connectivity index (χ1) is 13.0. The third kappa shape index (κ3) is 3.47. The average molecular weight is 370 g/mol. The van der Waals surface area contributed by atoms with Gasteiger partial charge in [0, 0.05) is 44.3 Å². The molecule has 7 heteroatoms. The highest BCUT2D eigenvalue weighted by Crippen LogP contribution is 2.25. The van der Waals surface area contributed by atoms with Crippen LogP contribution in [0, 0.1) is 6.92 Å². The standard InChI is InChI=1S/C20H23FN4O2/c1-13-4-3-5-17-18(12-27-19(13)17)20(26)22-9-16-8-14(21)10-25(16)11-15-6-7-23-24(15)2/h3-7,12,14,16H,8-11H2,1-2H3,(H,22,26)/t14-,16-/m0/s1. The lowest BCUT2D eigenvalue weighted by atomic mass is 10.1. The molecule has 0 aliphatic carbocycles. The molecule has 1 aliphatic rings. The van der Waals surface area contributed by atoms with Crippen molar-refractivity contribution < 1.29 is 13.6 Å². The normalized spacial score (nSPS) is 20.4. The van der Waals surface area contributed by atoms with E-state index < -0.39 is 6.17 Å². The lowest BCUT2D eigenvalue weighted by molar-refractivity contribution is 0.0940. The number of halogens is 1. The number of fused-ring (bicyclic) bond motifs is 1. The van der Waals surface area contributed by atoms with E-state index in [4.69, 9.17) is 4.42 Å². The van der Waals surface area contributed by atoms with Gasteiger partial charge in [-0.1, -0.05) is 18.2 Å². The third-order valence-electron chi connectivity index (χ3n) is 5.30. The zero-order chi connectivity index (χ0) is 19.0. The molecule has 0 saturated carbocycles. The summed E-state index contributed by atoms with van der Waals surface area (Å²) in [6.07, 6.45) is 2.77. The van der Waals surface area contributed by atoms with Gasteiger partial charge in [0.1, 0.15) is 18.0 Å². The fourth-order valence-electron chi connectivity index (χ4n) is 3.78. The molecule has 1 aliphatic heterocycles. The lowest BCUT2D eigenvalue weighted by Gasteiger charge is -2.24. The topological polar surface area (TPSA) is 63.3 Å². The Balaban J connectivity index is 1.44. The number of aromatic nitrogens is 2. The minimum absolute atomic E-state index is 0.0428. The molecule has 1 saturated heterocycles. The van der Waals surface area contributed by atoms with E-state index >= 15 is 0 Å². The number of nitrogens with zero attached hydrogens (tertiary/aromatic N) is 3. The van der Waals surface area contributed by atoms with Gasteiger partial charge in [-0.3, -0.25) is 14.4 Å². The fourth-order valence-corrected chi connectivity index (χ4v) is 3.78. The summed E-state index contributed by atoms with van der Waals surface area (Å²) in [5.41, 5.74) is 3.26. The minimum atomic E-state index is -0.877.